The Bertz CT molecular complexity index is 873. The molecule has 2 aromatic rings. The Morgan fingerprint density at radius 3 is 2.20 bits per heavy atom. The van der Waals surface area contributed by atoms with E-state index in [2.05, 4.69) is 29.2 Å². The van der Waals surface area contributed by atoms with Gasteiger partial charge >= 0.3 is 0 Å². The lowest BCUT2D eigenvalue weighted by molar-refractivity contribution is -0.384. The van der Waals surface area contributed by atoms with Crippen LogP contribution in [0.15, 0.2) is 54.6 Å². The third kappa shape index (κ3) is 4.62. The van der Waals surface area contributed by atoms with Gasteiger partial charge in [-0.3, -0.25) is 19.8 Å². The third-order valence-corrected chi connectivity index (χ3v) is 6.20. The summed E-state index contributed by atoms with van der Waals surface area (Å²) >= 11 is 0. The summed E-state index contributed by atoms with van der Waals surface area (Å²) < 4.78 is 0. The van der Waals surface area contributed by atoms with Gasteiger partial charge in [0.15, 0.2) is 0 Å². The molecule has 0 radical (unpaired) electrons. The summed E-state index contributed by atoms with van der Waals surface area (Å²) in [4.78, 5) is 30.4. The van der Waals surface area contributed by atoms with Gasteiger partial charge in [-0.1, -0.05) is 42.5 Å². The number of nitro benzene ring substituents is 1. The number of para-hydroxylation sites is 2. The third-order valence-electron chi connectivity index (χ3n) is 6.20. The van der Waals surface area contributed by atoms with Crippen molar-refractivity contribution in [2.45, 2.75) is 19.4 Å². The second-order valence-corrected chi connectivity index (χ2v) is 8.09. The van der Waals surface area contributed by atoms with E-state index in [0.29, 0.717) is 18.8 Å². The molecule has 2 saturated heterocycles. The second kappa shape index (κ2) is 9.26. The van der Waals surface area contributed by atoms with Crippen LogP contribution in [0.25, 0.3) is 0 Å². The van der Waals surface area contributed by atoms with Gasteiger partial charge in [0.1, 0.15) is 5.69 Å². The minimum atomic E-state index is -0.332. The van der Waals surface area contributed by atoms with Crippen LogP contribution < -0.4 is 4.90 Å². The van der Waals surface area contributed by atoms with Crippen molar-refractivity contribution in [3.8, 4) is 0 Å². The van der Waals surface area contributed by atoms with Crippen LogP contribution in [0, 0.1) is 16.0 Å². The Hall–Kier alpha value is -2.93. The maximum atomic E-state index is 13.0. The molecule has 0 aromatic heterocycles. The van der Waals surface area contributed by atoms with Crippen LogP contribution in [0.3, 0.4) is 0 Å². The molecule has 7 nitrogen and oxygen atoms in total. The monoisotopic (exact) mass is 408 g/mol. The average molecular weight is 409 g/mol. The number of rotatable bonds is 5. The zero-order valence-electron chi connectivity index (χ0n) is 17.2. The van der Waals surface area contributed by atoms with E-state index in [1.807, 2.05) is 21.9 Å². The fraction of sp³-hybridized carbons (Fsp3) is 0.435. The number of hydrogen-bond acceptors (Lipinski definition) is 5. The zero-order chi connectivity index (χ0) is 20.9. The first-order valence-corrected chi connectivity index (χ1v) is 10.7. The van der Waals surface area contributed by atoms with Crippen LogP contribution in [0.2, 0.25) is 0 Å². The van der Waals surface area contributed by atoms with E-state index in [0.717, 1.165) is 45.6 Å². The Kier molecular flexibility index (Phi) is 6.28. The molecule has 4 rings (SSSR count). The van der Waals surface area contributed by atoms with Crippen molar-refractivity contribution >= 4 is 17.3 Å². The van der Waals surface area contributed by atoms with Crippen LogP contribution >= 0.6 is 0 Å². The molecule has 0 aliphatic carbocycles. The molecule has 30 heavy (non-hydrogen) atoms. The molecule has 0 saturated carbocycles. The SMILES string of the molecule is O=C(C1CCN(c2ccccc2[N+](=O)[O-])CC1)N1CCN(Cc2ccccc2)CC1. The maximum absolute atomic E-state index is 13.0. The average Bonchev–Trinajstić information content (AvgIpc) is 2.80. The molecule has 0 unspecified atom stereocenters. The van der Waals surface area contributed by atoms with Crippen molar-refractivity contribution in [3.05, 3.63) is 70.3 Å². The Morgan fingerprint density at radius 2 is 1.53 bits per heavy atom. The van der Waals surface area contributed by atoms with Crippen molar-refractivity contribution in [1.29, 1.82) is 0 Å². The van der Waals surface area contributed by atoms with E-state index in [-0.39, 0.29) is 22.4 Å². The van der Waals surface area contributed by atoms with Gasteiger partial charge in [-0.2, -0.15) is 0 Å². The molecule has 0 N–H and O–H groups in total. The van der Waals surface area contributed by atoms with Crippen LogP contribution in [-0.4, -0.2) is 59.9 Å². The molecule has 1 amide bonds. The van der Waals surface area contributed by atoms with Gasteiger partial charge in [0, 0.05) is 57.8 Å². The lowest BCUT2D eigenvalue weighted by Gasteiger charge is -2.39. The van der Waals surface area contributed by atoms with Gasteiger partial charge in [-0.05, 0) is 24.5 Å². The van der Waals surface area contributed by atoms with Crippen LogP contribution in [0.5, 0.6) is 0 Å². The van der Waals surface area contributed by atoms with E-state index in [9.17, 15) is 14.9 Å². The van der Waals surface area contributed by atoms with E-state index in [1.165, 1.54) is 5.56 Å². The van der Waals surface area contributed by atoms with Gasteiger partial charge in [0.25, 0.3) is 5.69 Å². The maximum Gasteiger partial charge on any atom is 0.292 e. The number of hydrogen-bond donors (Lipinski definition) is 0. The molecular formula is C23H28N4O3. The highest BCUT2D eigenvalue weighted by atomic mass is 16.6. The van der Waals surface area contributed by atoms with Crippen molar-refractivity contribution in [1.82, 2.24) is 9.80 Å². The molecule has 2 fully saturated rings. The summed E-state index contributed by atoms with van der Waals surface area (Å²) in [5.74, 6) is 0.265. The smallest absolute Gasteiger partial charge is 0.292 e. The number of nitrogens with zero attached hydrogens (tertiary/aromatic N) is 4. The highest BCUT2D eigenvalue weighted by Gasteiger charge is 2.31. The van der Waals surface area contributed by atoms with E-state index >= 15 is 0 Å². The fourth-order valence-electron chi connectivity index (χ4n) is 4.48. The van der Waals surface area contributed by atoms with Crippen LogP contribution in [0.1, 0.15) is 18.4 Å². The number of anilines is 1. The first-order chi connectivity index (χ1) is 14.6. The first kappa shape index (κ1) is 20.3. The number of piperidine rings is 1. The van der Waals surface area contributed by atoms with Crippen LogP contribution in [-0.2, 0) is 11.3 Å². The molecular weight excluding hydrogens is 380 g/mol. The predicted molar refractivity (Wildman–Crippen MR) is 116 cm³/mol. The second-order valence-electron chi connectivity index (χ2n) is 8.09. The molecule has 2 aliphatic heterocycles. The first-order valence-electron chi connectivity index (χ1n) is 10.7. The standard InChI is InChI=1S/C23H28N4O3/c28-23(26-16-14-24(15-17-26)18-19-6-2-1-3-7-19)20-10-12-25(13-11-20)21-8-4-5-9-22(21)27(29)30/h1-9,20H,10-18H2. The Balaban J connectivity index is 1.28. The van der Waals surface area contributed by atoms with Gasteiger partial charge in [0.05, 0.1) is 4.92 Å². The van der Waals surface area contributed by atoms with Gasteiger partial charge in [-0.25, -0.2) is 0 Å². The van der Waals surface area contributed by atoms with Gasteiger partial charge in [-0.15, -0.1) is 0 Å². The van der Waals surface area contributed by atoms with Gasteiger partial charge in [0.2, 0.25) is 5.91 Å². The molecule has 2 aliphatic rings. The molecule has 0 bridgehead atoms. The normalized spacial score (nSPS) is 18.4. The highest BCUT2D eigenvalue weighted by Crippen LogP contribution is 2.31. The molecule has 0 spiro atoms. The highest BCUT2D eigenvalue weighted by molar-refractivity contribution is 5.79. The molecule has 7 heteroatoms. The summed E-state index contributed by atoms with van der Waals surface area (Å²) in [7, 11) is 0. The summed E-state index contributed by atoms with van der Waals surface area (Å²) in [6.45, 7) is 5.62. The zero-order valence-corrected chi connectivity index (χ0v) is 17.2. The topological polar surface area (TPSA) is 69.9 Å². The number of amides is 1. The van der Waals surface area contributed by atoms with Crippen LogP contribution in [0.4, 0.5) is 11.4 Å². The fourth-order valence-corrected chi connectivity index (χ4v) is 4.48. The summed E-state index contributed by atoms with van der Waals surface area (Å²) in [5, 5.41) is 11.3. The minimum absolute atomic E-state index is 0.0182. The summed E-state index contributed by atoms with van der Waals surface area (Å²) in [6, 6.07) is 17.3. The van der Waals surface area contributed by atoms with Crippen molar-refractivity contribution < 1.29 is 9.72 Å². The molecule has 2 aromatic carbocycles. The lowest BCUT2D eigenvalue weighted by atomic mass is 9.94. The number of nitro groups is 1. The summed E-state index contributed by atoms with van der Waals surface area (Å²) in [6.07, 6.45) is 1.49. The van der Waals surface area contributed by atoms with Crippen molar-refractivity contribution in [3.63, 3.8) is 0 Å². The number of carbonyl (C=O) groups is 1. The lowest BCUT2D eigenvalue weighted by Crippen LogP contribution is -2.51. The van der Waals surface area contributed by atoms with E-state index in [4.69, 9.17) is 0 Å². The molecule has 158 valence electrons. The van der Waals surface area contributed by atoms with Crippen molar-refractivity contribution in [2.24, 2.45) is 5.92 Å². The quantitative estimate of drug-likeness (QED) is 0.561. The van der Waals surface area contributed by atoms with E-state index < -0.39 is 0 Å². The molecule has 0 atom stereocenters. The minimum Gasteiger partial charge on any atom is -0.366 e. The Labute approximate surface area is 177 Å². The summed E-state index contributed by atoms with van der Waals surface area (Å²) in [5.41, 5.74) is 2.10. The van der Waals surface area contributed by atoms with Crippen molar-refractivity contribution in [2.75, 3.05) is 44.2 Å². The number of carbonyl (C=O) groups excluding carboxylic acids is 1. The van der Waals surface area contributed by atoms with E-state index in [1.54, 1.807) is 18.2 Å². The number of piperazine rings is 1. The predicted octanol–water partition coefficient (Wildman–Crippen LogP) is 3.16. The Morgan fingerprint density at radius 1 is 0.900 bits per heavy atom. The largest absolute Gasteiger partial charge is 0.366 e. The van der Waals surface area contributed by atoms with Gasteiger partial charge < -0.3 is 9.80 Å². The molecule has 2 heterocycles. The number of benzene rings is 2.